The minimum absolute atomic E-state index is 0.269. The van der Waals surface area contributed by atoms with Gasteiger partial charge in [-0.2, -0.15) is 13.0 Å². The lowest BCUT2D eigenvalue weighted by molar-refractivity contribution is -0.669. The lowest BCUT2D eigenvalue weighted by Gasteiger charge is -2.20. The molecular weight excluding hydrogens is 452 g/mol. The predicted octanol–water partition coefficient (Wildman–Crippen LogP) is 5.30. The number of anilines is 1. The Bertz CT molecular complexity index is 1290. The van der Waals surface area contributed by atoms with E-state index < -0.39 is 10.1 Å². The van der Waals surface area contributed by atoms with Gasteiger partial charge in [-0.1, -0.05) is 35.0 Å². The van der Waals surface area contributed by atoms with Gasteiger partial charge in [-0.05, 0) is 50.6 Å². The first-order valence-corrected chi connectivity index (χ1v) is 12.9. The molecule has 0 amide bonds. The summed E-state index contributed by atoms with van der Waals surface area (Å²) in [5, 5.41) is 2.86. The Labute approximate surface area is 192 Å². The summed E-state index contributed by atoms with van der Waals surface area (Å²) in [6.07, 6.45) is 2.46. The van der Waals surface area contributed by atoms with Crippen LogP contribution in [0.1, 0.15) is 24.6 Å². The second kappa shape index (κ2) is 8.82. The number of rotatable bonds is 6. The fourth-order valence-corrected chi connectivity index (χ4v) is 5.79. The maximum absolute atomic E-state index is 11.2. The van der Waals surface area contributed by atoms with Crippen molar-refractivity contribution in [2.45, 2.75) is 31.7 Å². The number of fused-ring (bicyclic) bond motifs is 2. The summed E-state index contributed by atoms with van der Waals surface area (Å²) in [6.45, 7) is 5.52. The molecule has 0 atom stereocenters. The molecule has 0 bridgehead atoms. The third-order valence-electron chi connectivity index (χ3n) is 5.28. The molecule has 1 aliphatic heterocycles. The summed E-state index contributed by atoms with van der Waals surface area (Å²) in [7, 11) is -3.99. The molecular formula is C23H24ClN2O3S2+. The highest BCUT2D eigenvalue weighted by atomic mass is 35.5. The van der Waals surface area contributed by atoms with Gasteiger partial charge in [0.15, 0.2) is 0 Å². The molecule has 0 radical (unpaired) electrons. The first-order chi connectivity index (χ1) is 14.7. The number of benzene rings is 2. The van der Waals surface area contributed by atoms with Crippen LogP contribution in [-0.2, 0) is 16.7 Å². The van der Waals surface area contributed by atoms with E-state index >= 15 is 0 Å². The monoisotopic (exact) mass is 475 g/mol. The summed E-state index contributed by atoms with van der Waals surface area (Å²) in [4.78, 5) is 3.13. The molecule has 162 valence electrons. The standard InChI is InChI=1S/C23H23ClN2O3S2/c1-3-25-19(8-6-17-13-16(2)5-9-20(17)25)15-23-26(11-4-12-31(27,28)29)21-10-7-18(24)14-22(21)30-23/h5-10,13-15H,3-4,11-12H2,1-2H3/p+1. The van der Waals surface area contributed by atoms with Crippen molar-refractivity contribution in [1.29, 1.82) is 0 Å². The van der Waals surface area contributed by atoms with E-state index in [0.29, 0.717) is 18.0 Å². The summed E-state index contributed by atoms with van der Waals surface area (Å²) >= 11 is 7.82. The van der Waals surface area contributed by atoms with Gasteiger partial charge >= 0.3 is 0 Å². The van der Waals surface area contributed by atoms with Crippen LogP contribution in [0.2, 0.25) is 5.02 Å². The van der Waals surface area contributed by atoms with Crippen molar-refractivity contribution in [3.63, 3.8) is 0 Å². The van der Waals surface area contributed by atoms with Crippen molar-refractivity contribution < 1.29 is 17.5 Å². The molecule has 1 aromatic heterocycles. The van der Waals surface area contributed by atoms with Crippen LogP contribution in [0.15, 0.2) is 58.5 Å². The number of nitrogens with zero attached hydrogens (tertiary/aromatic N) is 2. The Kier molecular flexibility index (Phi) is 6.30. The van der Waals surface area contributed by atoms with Gasteiger partial charge in [0.05, 0.1) is 16.5 Å². The minimum atomic E-state index is -3.99. The van der Waals surface area contributed by atoms with Crippen LogP contribution in [-0.4, -0.2) is 25.3 Å². The number of pyridine rings is 1. The highest BCUT2D eigenvalue weighted by Gasteiger charge is 2.27. The molecule has 0 spiro atoms. The van der Waals surface area contributed by atoms with E-state index in [0.717, 1.165) is 27.9 Å². The number of halogens is 1. The van der Waals surface area contributed by atoms with Gasteiger partial charge in [0.2, 0.25) is 11.2 Å². The lowest BCUT2D eigenvalue weighted by atomic mass is 10.1. The highest BCUT2D eigenvalue weighted by Crippen LogP contribution is 2.47. The first-order valence-electron chi connectivity index (χ1n) is 10.1. The zero-order valence-corrected chi connectivity index (χ0v) is 19.8. The summed E-state index contributed by atoms with van der Waals surface area (Å²) in [5.41, 5.74) is 4.46. The van der Waals surface area contributed by atoms with Crippen molar-refractivity contribution >= 4 is 56.1 Å². The van der Waals surface area contributed by atoms with Crippen LogP contribution in [0, 0.1) is 6.92 Å². The maximum Gasteiger partial charge on any atom is 0.264 e. The zero-order valence-electron chi connectivity index (χ0n) is 17.4. The number of hydrogen-bond donors (Lipinski definition) is 1. The fraction of sp³-hybridized carbons (Fsp3) is 0.261. The van der Waals surface area contributed by atoms with Crippen LogP contribution < -0.4 is 9.47 Å². The Hall–Kier alpha value is -2.06. The number of hydrogen-bond acceptors (Lipinski definition) is 4. The Balaban J connectivity index is 1.75. The van der Waals surface area contributed by atoms with E-state index in [9.17, 15) is 8.42 Å². The molecule has 0 fully saturated rings. The molecule has 5 nitrogen and oxygen atoms in total. The average Bonchev–Trinajstić information content (AvgIpc) is 3.03. The van der Waals surface area contributed by atoms with E-state index in [4.69, 9.17) is 16.2 Å². The predicted molar refractivity (Wildman–Crippen MR) is 128 cm³/mol. The van der Waals surface area contributed by atoms with Gasteiger partial charge in [0.25, 0.3) is 10.1 Å². The summed E-state index contributed by atoms with van der Waals surface area (Å²) < 4.78 is 33.8. The van der Waals surface area contributed by atoms with E-state index in [1.807, 2.05) is 18.2 Å². The fourth-order valence-electron chi connectivity index (χ4n) is 3.89. The molecule has 0 saturated carbocycles. The quantitative estimate of drug-likeness (QED) is 0.387. The van der Waals surface area contributed by atoms with E-state index in [1.165, 1.54) is 16.5 Å². The van der Waals surface area contributed by atoms with Crippen LogP contribution in [0.3, 0.4) is 0 Å². The molecule has 8 heteroatoms. The second-order valence-corrected chi connectivity index (χ2v) is 10.6. The van der Waals surface area contributed by atoms with Crippen LogP contribution in [0.25, 0.3) is 17.0 Å². The number of thioether (sulfide) groups is 1. The smallest absolute Gasteiger partial charge is 0.264 e. The molecule has 2 aromatic carbocycles. The third kappa shape index (κ3) is 4.90. The Morgan fingerprint density at radius 3 is 2.71 bits per heavy atom. The normalized spacial score (nSPS) is 15.1. The van der Waals surface area contributed by atoms with Crippen LogP contribution in [0.4, 0.5) is 5.69 Å². The molecule has 0 unspecified atom stereocenters. The molecule has 0 aliphatic carbocycles. The zero-order chi connectivity index (χ0) is 22.2. The molecule has 4 rings (SSSR count). The van der Waals surface area contributed by atoms with E-state index in [2.05, 4.69) is 59.7 Å². The van der Waals surface area contributed by atoms with Crippen molar-refractivity contribution in [2.75, 3.05) is 17.2 Å². The average molecular weight is 476 g/mol. The van der Waals surface area contributed by atoms with Crippen molar-refractivity contribution in [1.82, 2.24) is 0 Å². The molecule has 2 heterocycles. The van der Waals surface area contributed by atoms with Gasteiger partial charge in [-0.15, -0.1) is 0 Å². The number of aromatic nitrogens is 1. The Morgan fingerprint density at radius 1 is 1.16 bits per heavy atom. The second-order valence-electron chi connectivity index (χ2n) is 7.55. The van der Waals surface area contributed by atoms with Crippen molar-refractivity contribution in [3.05, 3.63) is 69.8 Å². The van der Waals surface area contributed by atoms with Crippen molar-refractivity contribution in [3.8, 4) is 0 Å². The van der Waals surface area contributed by atoms with Gasteiger partial charge in [0.1, 0.15) is 6.54 Å². The van der Waals surface area contributed by atoms with Crippen molar-refractivity contribution in [2.24, 2.45) is 0 Å². The molecule has 3 aromatic rings. The largest absolute Gasteiger partial charge is 0.335 e. The lowest BCUT2D eigenvalue weighted by Crippen LogP contribution is -2.37. The topological polar surface area (TPSA) is 61.5 Å². The first kappa shape index (κ1) is 22.1. The SMILES string of the molecule is CC[n+]1c(/C=C2\Sc3cc(Cl)ccc3N2CCCS(=O)(=O)O)ccc2cc(C)ccc21. The number of aryl methyl sites for hydroxylation is 2. The van der Waals surface area contributed by atoms with Gasteiger partial charge in [0, 0.05) is 40.1 Å². The summed E-state index contributed by atoms with van der Waals surface area (Å²) in [5.74, 6) is -0.269. The third-order valence-corrected chi connectivity index (χ3v) is 7.42. The minimum Gasteiger partial charge on any atom is -0.335 e. The van der Waals surface area contributed by atoms with E-state index in [1.54, 1.807) is 11.8 Å². The van der Waals surface area contributed by atoms with Gasteiger partial charge in [-0.25, -0.2) is 0 Å². The maximum atomic E-state index is 11.2. The molecule has 0 saturated heterocycles. The van der Waals surface area contributed by atoms with Crippen LogP contribution in [0.5, 0.6) is 0 Å². The van der Waals surface area contributed by atoms with E-state index in [-0.39, 0.29) is 5.75 Å². The van der Waals surface area contributed by atoms with Crippen LogP contribution >= 0.6 is 23.4 Å². The molecule has 1 N–H and O–H groups in total. The molecule has 1 aliphatic rings. The van der Waals surface area contributed by atoms with Gasteiger partial charge in [-0.3, -0.25) is 4.55 Å². The Morgan fingerprint density at radius 2 is 1.97 bits per heavy atom. The highest BCUT2D eigenvalue weighted by molar-refractivity contribution is 8.03. The summed E-state index contributed by atoms with van der Waals surface area (Å²) in [6, 6.07) is 16.4. The molecule has 31 heavy (non-hydrogen) atoms. The van der Waals surface area contributed by atoms with Gasteiger partial charge < -0.3 is 4.90 Å².